The lowest BCUT2D eigenvalue weighted by Gasteiger charge is -2.32. The highest BCUT2D eigenvalue weighted by molar-refractivity contribution is 7.92. The van der Waals surface area contributed by atoms with Gasteiger partial charge in [-0.3, -0.25) is 18.7 Å². The minimum absolute atomic E-state index is 0.0177. The fourth-order valence-electron chi connectivity index (χ4n) is 3.37. The van der Waals surface area contributed by atoms with Crippen LogP contribution in [0.3, 0.4) is 0 Å². The number of hydrogen-bond acceptors (Lipinski definition) is 5. The Bertz CT molecular complexity index is 1120. The molecule has 0 aliphatic rings. The van der Waals surface area contributed by atoms with Crippen LogP contribution in [0.1, 0.15) is 36.2 Å². The summed E-state index contributed by atoms with van der Waals surface area (Å²) in [5.41, 5.74) is 1.04. The van der Waals surface area contributed by atoms with E-state index in [0.717, 1.165) is 10.6 Å². The van der Waals surface area contributed by atoms with Gasteiger partial charge in [0.05, 0.1) is 11.9 Å². The van der Waals surface area contributed by atoms with Crippen molar-refractivity contribution in [2.24, 2.45) is 0 Å². The van der Waals surface area contributed by atoms with Gasteiger partial charge in [-0.15, -0.1) is 0 Å². The second-order valence-electron chi connectivity index (χ2n) is 7.56. The third-order valence-corrected chi connectivity index (χ3v) is 6.26. The molecule has 1 atom stereocenters. The predicted octanol–water partition coefficient (Wildman–Crippen LogP) is 2.35. The van der Waals surface area contributed by atoms with E-state index in [4.69, 9.17) is 0 Å². The average Bonchev–Trinajstić information content (AvgIpc) is 2.77. The smallest absolute Gasteiger partial charge is 0.244 e. The van der Waals surface area contributed by atoms with Gasteiger partial charge in [0.15, 0.2) is 5.78 Å². The number of Topliss-reactive ketones (excluding diaryl/α,β-unsaturated/α-hetero) is 1. The Balaban J connectivity index is 2.45. The number of nitrogens with one attached hydrogen (secondary N) is 1. The van der Waals surface area contributed by atoms with Crippen molar-refractivity contribution in [3.63, 3.8) is 0 Å². The van der Waals surface area contributed by atoms with E-state index in [2.05, 4.69) is 5.32 Å². The Morgan fingerprint density at radius 2 is 1.73 bits per heavy atom. The van der Waals surface area contributed by atoms with Crippen LogP contribution < -0.4 is 9.62 Å². The molecular formula is C23H28FN3O5S. The summed E-state index contributed by atoms with van der Waals surface area (Å²) >= 11 is 0. The van der Waals surface area contributed by atoms with Crippen LogP contribution in [0.25, 0.3) is 0 Å². The molecule has 1 N–H and O–H groups in total. The third kappa shape index (κ3) is 6.85. The lowest BCUT2D eigenvalue weighted by Crippen LogP contribution is -2.51. The second-order valence-corrected chi connectivity index (χ2v) is 9.47. The van der Waals surface area contributed by atoms with Crippen molar-refractivity contribution in [3.05, 3.63) is 65.5 Å². The normalized spacial score (nSPS) is 12.0. The molecule has 0 aliphatic carbocycles. The molecule has 10 heteroatoms. The van der Waals surface area contributed by atoms with Crippen LogP contribution in [0.2, 0.25) is 0 Å². The predicted molar refractivity (Wildman–Crippen MR) is 124 cm³/mol. The Morgan fingerprint density at radius 1 is 1.09 bits per heavy atom. The number of benzene rings is 2. The van der Waals surface area contributed by atoms with Gasteiger partial charge < -0.3 is 10.2 Å². The Kier molecular flexibility index (Phi) is 8.69. The number of carbonyl (C=O) groups excluding carboxylic acids is 3. The van der Waals surface area contributed by atoms with Gasteiger partial charge in [0, 0.05) is 19.2 Å². The molecule has 1 unspecified atom stereocenters. The van der Waals surface area contributed by atoms with Crippen molar-refractivity contribution in [2.75, 3.05) is 24.2 Å². The minimum atomic E-state index is -3.90. The van der Waals surface area contributed by atoms with Crippen molar-refractivity contribution >= 4 is 33.3 Å². The highest BCUT2D eigenvalue weighted by Crippen LogP contribution is 2.21. The first-order valence-corrected chi connectivity index (χ1v) is 12.2. The first-order chi connectivity index (χ1) is 15.5. The number of anilines is 1. The maximum atomic E-state index is 13.4. The summed E-state index contributed by atoms with van der Waals surface area (Å²) in [7, 11) is -2.46. The molecule has 0 spiro atoms. The van der Waals surface area contributed by atoms with E-state index in [1.807, 2.05) is 0 Å². The first-order valence-electron chi connectivity index (χ1n) is 10.3. The third-order valence-electron chi connectivity index (χ3n) is 5.12. The van der Waals surface area contributed by atoms with Crippen LogP contribution in [-0.2, 0) is 26.2 Å². The van der Waals surface area contributed by atoms with Crippen molar-refractivity contribution < 1.29 is 27.2 Å². The van der Waals surface area contributed by atoms with Gasteiger partial charge in [0.1, 0.15) is 18.4 Å². The molecule has 8 nitrogen and oxygen atoms in total. The van der Waals surface area contributed by atoms with Gasteiger partial charge in [-0.05, 0) is 43.2 Å². The molecule has 0 fully saturated rings. The van der Waals surface area contributed by atoms with Crippen molar-refractivity contribution in [3.8, 4) is 0 Å². The molecule has 0 saturated carbocycles. The molecule has 2 amide bonds. The molecule has 2 aromatic carbocycles. The van der Waals surface area contributed by atoms with Crippen LogP contribution in [0.4, 0.5) is 10.1 Å². The maximum Gasteiger partial charge on any atom is 0.244 e. The number of nitrogens with zero attached hydrogens (tertiary/aromatic N) is 2. The number of halogens is 1. The number of amides is 2. The number of likely N-dealkylation sites (N-methyl/N-ethyl adjacent to an activating group) is 1. The van der Waals surface area contributed by atoms with Crippen molar-refractivity contribution in [1.82, 2.24) is 10.2 Å². The first kappa shape index (κ1) is 26.0. The van der Waals surface area contributed by atoms with E-state index in [1.54, 1.807) is 13.0 Å². The van der Waals surface area contributed by atoms with Gasteiger partial charge in [0.25, 0.3) is 0 Å². The lowest BCUT2D eigenvalue weighted by atomic mass is 10.1. The SMILES string of the molecule is CCC(C(=O)NC)N(Cc1ccc(F)cc1)C(=O)CN(c1cccc(C(C)=O)c1)S(C)(=O)=O. The molecule has 0 radical (unpaired) electrons. The summed E-state index contributed by atoms with van der Waals surface area (Å²) in [5, 5.41) is 2.52. The topological polar surface area (TPSA) is 104 Å². The summed E-state index contributed by atoms with van der Waals surface area (Å²) in [5.74, 6) is -1.71. The van der Waals surface area contributed by atoms with Crippen molar-refractivity contribution in [1.29, 1.82) is 0 Å². The van der Waals surface area contributed by atoms with Gasteiger partial charge in [0.2, 0.25) is 21.8 Å². The number of ketones is 1. The lowest BCUT2D eigenvalue weighted by molar-refractivity contribution is -0.140. The molecule has 0 bridgehead atoms. The Labute approximate surface area is 193 Å². The number of sulfonamides is 1. The molecular weight excluding hydrogens is 449 g/mol. The van der Waals surface area contributed by atoms with E-state index in [0.29, 0.717) is 11.1 Å². The minimum Gasteiger partial charge on any atom is -0.357 e. The largest absolute Gasteiger partial charge is 0.357 e. The standard InChI is InChI=1S/C23H28FN3O5S/c1-5-21(23(30)25-3)26(14-17-9-11-19(24)12-10-17)22(29)15-27(33(4,31)32)20-8-6-7-18(13-20)16(2)28/h6-13,21H,5,14-15H2,1-4H3,(H,25,30). The van der Waals surface area contributed by atoms with E-state index in [1.165, 1.54) is 61.3 Å². The number of hydrogen-bond donors (Lipinski definition) is 1. The summed E-state index contributed by atoms with van der Waals surface area (Å²) in [6, 6.07) is 10.6. The summed E-state index contributed by atoms with van der Waals surface area (Å²) in [6.45, 7) is 2.50. The Morgan fingerprint density at radius 3 is 2.24 bits per heavy atom. The summed E-state index contributed by atoms with van der Waals surface area (Å²) < 4.78 is 39.3. The molecule has 0 saturated heterocycles. The highest BCUT2D eigenvalue weighted by atomic mass is 32.2. The molecule has 2 rings (SSSR count). The average molecular weight is 478 g/mol. The summed E-state index contributed by atoms with van der Waals surface area (Å²) in [4.78, 5) is 38.9. The molecule has 2 aromatic rings. The van der Waals surface area contributed by atoms with Gasteiger partial charge in [-0.2, -0.15) is 0 Å². The van der Waals surface area contributed by atoms with E-state index >= 15 is 0 Å². The Hall–Kier alpha value is -3.27. The van der Waals surface area contributed by atoms with E-state index in [9.17, 15) is 27.2 Å². The zero-order valence-electron chi connectivity index (χ0n) is 19.0. The van der Waals surface area contributed by atoms with Crippen LogP contribution in [0.15, 0.2) is 48.5 Å². The quantitative estimate of drug-likeness (QED) is 0.529. The van der Waals surface area contributed by atoms with Crippen LogP contribution in [0, 0.1) is 5.82 Å². The molecule has 0 aliphatic heterocycles. The van der Waals surface area contributed by atoms with Crippen LogP contribution in [0.5, 0.6) is 0 Å². The monoisotopic (exact) mass is 477 g/mol. The van der Waals surface area contributed by atoms with Crippen LogP contribution in [-0.4, -0.2) is 56.8 Å². The molecule has 178 valence electrons. The van der Waals surface area contributed by atoms with Gasteiger partial charge in [-0.1, -0.05) is 31.2 Å². The second kappa shape index (κ2) is 11.0. The van der Waals surface area contributed by atoms with Crippen molar-refractivity contribution in [2.45, 2.75) is 32.9 Å². The maximum absolute atomic E-state index is 13.4. The molecule has 0 aromatic heterocycles. The zero-order valence-corrected chi connectivity index (χ0v) is 19.9. The van der Waals surface area contributed by atoms with Gasteiger partial charge >= 0.3 is 0 Å². The molecule has 0 heterocycles. The fraction of sp³-hybridized carbons (Fsp3) is 0.348. The van der Waals surface area contributed by atoms with Gasteiger partial charge in [-0.25, -0.2) is 12.8 Å². The zero-order chi connectivity index (χ0) is 24.8. The molecule has 33 heavy (non-hydrogen) atoms. The number of rotatable bonds is 10. The van der Waals surface area contributed by atoms with Crippen LogP contribution >= 0.6 is 0 Å². The number of carbonyl (C=O) groups is 3. The van der Waals surface area contributed by atoms with E-state index < -0.39 is 40.2 Å². The van der Waals surface area contributed by atoms with E-state index in [-0.39, 0.29) is 24.4 Å². The summed E-state index contributed by atoms with van der Waals surface area (Å²) in [6.07, 6.45) is 1.24. The fourth-order valence-corrected chi connectivity index (χ4v) is 4.21. The highest BCUT2D eigenvalue weighted by Gasteiger charge is 2.31.